The lowest BCUT2D eigenvalue weighted by molar-refractivity contribution is -0.140. The highest BCUT2D eigenvalue weighted by molar-refractivity contribution is 5.30. The number of hydrogen-bond acceptors (Lipinski definition) is 4. The molecule has 0 spiro atoms. The number of aromatic amines is 1. The van der Waals surface area contributed by atoms with Crippen molar-refractivity contribution in [3.05, 3.63) is 5.82 Å². The number of rotatable bonds is 6. The molecule has 5 nitrogen and oxygen atoms in total. The maximum atomic E-state index is 13.2. The molecule has 0 bridgehead atoms. The molecule has 1 fully saturated rings. The lowest BCUT2D eigenvalue weighted by atomic mass is 9.97. The second-order valence-corrected chi connectivity index (χ2v) is 5.15. The van der Waals surface area contributed by atoms with Crippen molar-refractivity contribution in [2.24, 2.45) is 5.92 Å². The van der Waals surface area contributed by atoms with Crippen LogP contribution in [0.3, 0.4) is 0 Å². The smallest absolute Gasteiger partial charge is 0.340 e. The Bertz CT molecular complexity index is 443. The Labute approximate surface area is 120 Å². The van der Waals surface area contributed by atoms with Crippen molar-refractivity contribution in [2.75, 3.05) is 31.1 Å². The Balaban J connectivity index is 1.94. The molecule has 9 heteroatoms. The minimum Gasteiger partial charge on any atom is -0.340 e. The summed E-state index contributed by atoms with van der Waals surface area (Å²) in [5, 5.41) is 8.83. The summed E-state index contributed by atoms with van der Waals surface area (Å²) in [7, 11) is 0. The Morgan fingerprint density at radius 2 is 2.05 bits per heavy atom. The highest BCUT2D eigenvalue weighted by Gasteiger charge is 2.46. The van der Waals surface area contributed by atoms with Crippen molar-refractivity contribution in [3.8, 4) is 0 Å². The molecular weight excluding hydrogens is 290 g/mol. The number of H-pyrrole nitrogens is 1. The molecule has 0 amide bonds. The van der Waals surface area contributed by atoms with Gasteiger partial charge in [0.25, 0.3) is 0 Å². The largest absolute Gasteiger partial charge is 0.365 e. The van der Waals surface area contributed by atoms with Crippen LogP contribution in [-0.2, 0) is 5.92 Å². The van der Waals surface area contributed by atoms with Crippen molar-refractivity contribution >= 4 is 5.95 Å². The van der Waals surface area contributed by atoms with Crippen LogP contribution >= 0.6 is 0 Å². The van der Waals surface area contributed by atoms with Crippen LogP contribution in [-0.4, -0.2) is 47.8 Å². The van der Waals surface area contributed by atoms with Gasteiger partial charge >= 0.3 is 12.3 Å². The summed E-state index contributed by atoms with van der Waals surface area (Å²) >= 11 is 0. The number of aromatic nitrogens is 3. The van der Waals surface area contributed by atoms with Crippen LogP contribution in [0.15, 0.2) is 0 Å². The van der Waals surface area contributed by atoms with E-state index in [0.717, 1.165) is 25.9 Å². The topological polar surface area (TPSA) is 56.8 Å². The van der Waals surface area contributed by atoms with Gasteiger partial charge in [-0.25, -0.2) is 8.78 Å². The van der Waals surface area contributed by atoms with Crippen molar-refractivity contribution < 1.29 is 17.6 Å². The van der Waals surface area contributed by atoms with Gasteiger partial charge in [-0.2, -0.15) is 13.8 Å². The number of alkyl halides is 4. The second kappa shape index (κ2) is 6.59. The molecule has 1 saturated heterocycles. The molecule has 0 aliphatic carbocycles. The lowest BCUT2D eigenvalue weighted by Gasteiger charge is -2.31. The predicted molar refractivity (Wildman–Crippen MR) is 69.8 cm³/mol. The first kappa shape index (κ1) is 16.0. The second-order valence-electron chi connectivity index (χ2n) is 5.15. The van der Waals surface area contributed by atoms with Crippen LogP contribution in [0.4, 0.5) is 23.5 Å². The summed E-state index contributed by atoms with van der Waals surface area (Å²) in [6, 6.07) is 0. The lowest BCUT2D eigenvalue weighted by Crippen LogP contribution is -2.38. The first-order valence-electron chi connectivity index (χ1n) is 6.99. The standard InChI is InChI=1S/C12H19F4N5/c1-2-17-7-8-3-5-21(6-4-8)11-18-10(19-20-11)12(15,16)9(13)14/h8-9,17H,2-7H2,1H3,(H,18,19,20). The molecule has 1 aromatic heterocycles. The van der Waals surface area contributed by atoms with E-state index in [1.54, 1.807) is 4.90 Å². The van der Waals surface area contributed by atoms with Crippen molar-refractivity contribution in [3.63, 3.8) is 0 Å². The minimum absolute atomic E-state index is 0.0622. The summed E-state index contributed by atoms with van der Waals surface area (Å²) in [6.07, 6.45) is -2.02. The number of piperidine rings is 1. The maximum Gasteiger partial charge on any atom is 0.365 e. The van der Waals surface area contributed by atoms with E-state index < -0.39 is 18.2 Å². The van der Waals surface area contributed by atoms with Gasteiger partial charge in [0.1, 0.15) is 0 Å². The van der Waals surface area contributed by atoms with Crippen LogP contribution < -0.4 is 10.2 Å². The summed E-state index contributed by atoms with van der Waals surface area (Å²) in [4.78, 5) is 5.27. The van der Waals surface area contributed by atoms with E-state index in [2.05, 4.69) is 15.4 Å². The molecule has 120 valence electrons. The normalized spacial score (nSPS) is 17.7. The summed E-state index contributed by atoms with van der Waals surface area (Å²) < 4.78 is 50.8. The van der Waals surface area contributed by atoms with E-state index in [4.69, 9.17) is 0 Å². The highest BCUT2D eigenvalue weighted by atomic mass is 19.3. The fourth-order valence-electron chi connectivity index (χ4n) is 2.33. The molecule has 0 aromatic carbocycles. The third kappa shape index (κ3) is 3.63. The van der Waals surface area contributed by atoms with Crippen LogP contribution in [0, 0.1) is 5.92 Å². The summed E-state index contributed by atoms with van der Waals surface area (Å²) in [5.74, 6) is -4.79. The van der Waals surface area contributed by atoms with Gasteiger partial charge in [0.15, 0.2) is 0 Å². The molecule has 2 N–H and O–H groups in total. The molecule has 1 aliphatic rings. The Morgan fingerprint density at radius 3 is 2.62 bits per heavy atom. The molecule has 1 aromatic rings. The van der Waals surface area contributed by atoms with E-state index in [1.165, 1.54) is 0 Å². The Kier molecular flexibility index (Phi) is 5.02. The minimum atomic E-state index is -4.30. The van der Waals surface area contributed by atoms with E-state index in [9.17, 15) is 17.6 Å². The molecule has 0 unspecified atom stereocenters. The number of nitrogens with zero attached hydrogens (tertiary/aromatic N) is 3. The molecule has 2 heterocycles. The van der Waals surface area contributed by atoms with E-state index in [1.807, 2.05) is 12.0 Å². The van der Waals surface area contributed by atoms with Crippen LogP contribution in [0.25, 0.3) is 0 Å². The van der Waals surface area contributed by atoms with Crippen LogP contribution in [0.5, 0.6) is 0 Å². The molecule has 0 radical (unpaired) electrons. The van der Waals surface area contributed by atoms with E-state index in [-0.39, 0.29) is 5.95 Å². The zero-order valence-corrected chi connectivity index (χ0v) is 11.8. The van der Waals surface area contributed by atoms with Gasteiger partial charge in [-0.05, 0) is 31.8 Å². The van der Waals surface area contributed by atoms with Gasteiger partial charge in [-0.3, -0.25) is 5.10 Å². The van der Waals surface area contributed by atoms with Gasteiger partial charge in [-0.1, -0.05) is 6.92 Å². The fraction of sp³-hybridized carbons (Fsp3) is 0.833. The molecule has 21 heavy (non-hydrogen) atoms. The number of nitrogens with one attached hydrogen (secondary N) is 2. The van der Waals surface area contributed by atoms with Crippen LogP contribution in [0.2, 0.25) is 0 Å². The zero-order chi connectivity index (χ0) is 15.5. The molecule has 1 aliphatic heterocycles. The van der Waals surface area contributed by atoms with Crippen LogP contribution in [0.1, 0.15) is 25.6 Å². The predicted octanol–water partition coefficient (Wildman–Crippen LogP) is 1.99. The molecule has 0 saturated carbocycles. The first-order chi connectivity index (χ1) is 9.95. The van der Waals surface area contributed by atoms with Gasteiger partial charge in [0.05, 0.1) is 0 Å². The molecule has 2 rings (SSSR count). The van der Waals surface area contributed by atoms with Crippen molar-refractivity contribution in [1.82, 2.24) is 20.5 Å². The van der Waals surface area contributed by atoms with E-state index in [0.29, 0.717) is 19.0 Å². The Hall–Kier alpha value is -1.38. The quantitative estimate of drug-likeness (QED) is 0.789. The van der Waals surface area contributed by atoms with Gasteiger partial charge < -0.3 is 10.2 Å². The van der Waals surface area contributed by atoms with Gasteiger partial charge in [0.2, 0.25) is 11.8 Å². The molecular formula is C12H19F4N5. The highest BCUT2D eigenvalue weighted by Crippen LogP contribution is 2.33. The number of hydrogen-bond donors (Lipinski definition) is 2. The average molecular weight is 309 g/mol. The fourth-order valence-corrected chi connectivity index (χ4v) is 2.33. The van der Waals surface area contributed by atoms with Crippen molar-refractivity contribution in [2.45, 2.75) is 32.1 Å². The SMILES string of the molecule is CCNCC1CCN(c2n[nH]c(C(F)(F)C(F)F)n2)CC1. The van der Waals surface area contributed by atoms with Gasteiger partial charge in [0, 0.05) is 13.1 Å². The zero-order valence-electron chi connectivity index (χ0n) is 11.8. The monoisotopic (exact) mass is 309 g/mol. The van der Waals surface area contributed by atoms with Gasteiger partial charge in [-0.15, -0.1) is 5.10 Å². The maximum absolute atomic E-state index is 13.2. The van der Waals surface area contributed by atoms with Crippen molar-refractivity contribution in [1.29, 1.82) is 0 Å². The first-order valence-corrected chi connectivity index (χ1v) is 6.99. The number of halogens is 4. The average Bonchev–Trinajstić information content (AvgIpc) is 2.96. The third-order valence-electron chi connectivity index (χ3n) is 3.64. The third-order valence-corrected chi connectivity index (χ3v) is 3.64. The number of anilines is 1. The Morgan fingerprint density at radius 1 is 1.38 bits per heavy atom. The molecule has 0 atom stereocenters. The van der Waals surface area contributed by atoms with E-state index >= 15 is 0 Å². The summed E-state index contributed by atoms with van der Waals surface area (Å²) in [6.45, 7) is 5.13. The summed E-state index contributed by atoms with van der Waals surface area (Å²) in [5.41, 5.74) is 0.